The number of amides is 2. The summed E-state index contributed by atoms with van der Waals surface area (Å²) in [6, 6.07) is 6.40. The molecule has 0 aromatic heterocycles. The van der Waals surface area contributed by atoms with E-state index in [-0.39, 0.29) is 12.6 Å². The summed E-state index contributed by atoms with van der Waals surface area (Å²) in [4.78, 5) is 23.7. The van der Waals surface area contributed by atoms with Gasteiger partial charge in [0.25, 0.3) is 0 Å². The Balaban J connectivity index is 2.59. The van der Waals surface area contributed by atoms with E-state index in [4.69, 9.17) is 21.8 Å². The van der Waals surface area contributed by atoms with Gasteiger partial charge in [0.15, 0.2) is 6.10 Å². The number of hydrogen-bond donors (Lipinski definition) is 3. The van der Waals surface area contributed by atoms with Gasteiger partial charge in [-0.1, -0.05) is 23.7 Å². The first-order valence-corrected chi connectivity index (χ1v) is 6.37. The van der Waals surface area contributed by atoms with Crippen LogP contribution >= 0.6 is 11.6 Å². The summed E-state index contributed by atoms with van der Waals surface area (Å²) in [5.74, 6) is -1.38. The highest BCUT2D eigenvalue weighted by atomic mass is 35.5. The van der Waals surface area contributed by atoms with Crippen LogP contribution in [0.1, 0.15) is 18.5 Å². The first kappa shape index (κ1) is 16.3. The zero-order chi connectivity index (χ0) is 15.3. The highest BCUT2D eigenvalue weighted by Crippen LogP contribution is 2.20. The highest BCUT2D eigenvalue weighted by molar-refractivity contribution is 6.30. The number of aliphatic carboxylic acids is 1. The number of rotatable bonds is 5. The quantitative estimate of drug-likeness (QED) is 0.768. The zero-order valence-electron chi connectivity index (χ0n) is 11.2. The van der Waals surface area contributed by atoms with Crippen LogP contribution in [0.2, 0.25) is 5.02 Å². The Kier molecular flexibility index (Phi) is 5.79. The van der Waals surface area contributed by atoms with Crippen molar-refractivity contribution in [3.05, 3.63) is 34.9 Å². The van der Waals surface area contributed by atoms with Gasteiger partial charge in [-0.25, -0.2) is 9.59 Å². The van der Waals surface area contributed by atoms with Gasteiger partial charge in [-0.3, -0.25) is 0 Å². The van der Waals surface area contributed by atoms with Crippen molar-refractivity contribution in [3.63, 3.8) is 0 Å². The summed E-state index contributed by atoms with van der Waals surface area (Å²) < 4.78 is 0. The number of carbonyl (C=O) groups excluding carboxylic acids is 1. The zero-order valence-corrected chi connectivity index (χ0v) is 12.0. The second-order valence-corrected chi connectivity index (χ2v) is 4.81. The van der Waals surface area contributed by atoms with E-state index in [0.717, 1.165) is 5.56 Å². The molecular weight excluding hydrogens is 284 g/mol. The number of carboxylic acid groups (broad SMARTS) is 1. The van der Waals surface area contributed by atoms with Gasteiger partial charge < -0.3 is 20.4 Å². The number of aliphatic hydroxyl groups is 1. The molecule has 0 aliphatic heterocycles. The van der Waals surface area contributed by atoms with Crippen LogP contribution in [-0.2, 0) is 4.79 Å². The molecule has 2 amide bonds. The molecule has 110 valence electrons. The molecule has 0 radical (unpaired) electrons. The van der Waals surface area contributed by atoms with Gasteiger partial charge >= 0.3 is 12.0 Å². The van der Waals surface area contributed by atoms with Gasteiger partial charge in [-0.15, -0.1) is 0 Å². The molecule has 0 saturated carbocycles. The lowest BCUT2D eigenvalue weighted by Crippen LogP contribution is -2.43. The van der Waals surface area contributed by atoms with Crippen molar-refractivity contribution in [2.24, 2.45) is 0 Å². The monoisotopic (exact) mass is 300 g/mol. The summed E-state index contributed by atoms with van der Waals surface area (Å²) in [5.41, 5.74) is 0.894. The first-order chi connectivity index (χ1) is 9.32. The molecule has 2 atom stereocenters. The molecule has 1 aromatic rings. The molecule has 7 heteroatoms. The number of urea groups is 1. The Morgan fingerprint density at radius 1 is 1.35 bits per heavy atom. The summed E-state index contributed by atoms with van der Waals surface area (Å²) in [6.07, 6.45) is -1.61. The molecule has 0 saturated heterocycles. The van der Waals surface area contributed by atoms with E-state index < -0.39 is 18.1 Å². The number of benzene rings is 1. The summed E-state index contributed by atoms with van der Waals surface area (Å²) in [7, 11) is 1.59. The molecule has 0 heterocycles. The predicted molar refractivity (Wildman–Crippen MR) is 74.7 cm³/mol. The number of nitrogens with one attached hydrogen (secondary N) is 1. The molecule has 0 spiro atoms. The van der Waals surface area contributed by atoms with Gasteiger partial charge in [0.2, 0.25) is 0 Å². The van der Waals surface area contributed by atoms with Gasteiger partial charge in [-0.05, 0) is 24.6 Å². The molecule has 0 aliphatic carbocycles. The minimum atomic E-state index is -1.61. The third-order valence-electron chi connectivity index (χ3n) is 2.99. The molecule has 0 fully saturated rings. The van der Waals surface area contributed by atoms with Crippen LogP contribution in [0, 0.1) is 0 Å². The van der Waals surface area contributed by atoms with Crippen LogP contribution in [-0.4, -0.2) is 46.8 Å². The predicted octanol–water partition coefficient (Wildman–Crippen LogP) is 1.49. The van der Waals surface area contributed by atoms with E-state index in [1.807, 2.05) is 19.1 Å². The Labute approximate surface area is 122 Å². The third kappa shape index (κ3) is 4.40. The van der Waals surface area contributed by atoms with E-state index in [1.165, 1.54) is 4.90 Å². The molecule has 0 bridgehead atoms. The Morgan fingerprint density at radius 2 is 1.90 bits per heavy atom. The van der Waals surface area contributed by atoms with Crippen molar-refractivity contribution in [2.75, 3.05) is 13.6 Å². The van der Waals surface area contributed by atoms with Gasteiger partial charge in [0.05, 0.1) is 12.6 Å². The number of halogens is 1. The Hall–Kier alpha value is -1.79. The lowest BCUT2D eigenvalue weighted by atomic mass is 10.1. The molecule has 1 aromatic carbocycles. The summed E-state index contributed by atoms with van der Waals surface area (Å²) in [6.45, 7) is 1.49. The number of carbonyl (C=O) groups is 2. The van der Waals surface area contributed by atoms with E-state index in [9.17, 15) is 9.59 Å². The van der Waals surface area contributed by atoms with Gasteiger partial charge in [0, 0.05) is 12.1 Å². The van der Waals surface area contributed by atoms with Crippen LogP contribution in [0.4, 0.5) is 4.79 Å². The molecule has 1 rings (SSSR count). The number of carboxylic acids is 1. The van der Waals surface area contributed by atoms with E-state index in [1.54, 1.807) is 19.2 Å². The standard InChI is InChI=1S/C13H17ClN2O4/c1-8(9-3-5-10(14)6-4-9)16(2)13(20)15-7-11(17)12(18)19/h3-6,8,11,17H,7H2,1-2H3,(H,15,20)(H,18,19)/t8?,11-/m0/s1. The Bertz CT molecular complexity index is 478. The fourth-order valence-corrected chi connectivity index (χ4v) is 1.66. The van der Waals surface area contributed by atoms with Crippen molar-refractivity contribution in [3.8, 4) is 0 Å². The maximum absolute atomic E-state index is 11.8. The van der Waals surface area contributed by atoms with Crippen molar-refractivity contribution in [1.29, 1.82) is 0 Å². The number of aliphatic hydroxyl groups excluding tert-OH is 1. The van der Waals surface area contributed by atoms with Crippen molar-refractivity contribution < 1.29 is 19.8 Å². The maximum Gasteiger partial charge on any atom is 0.334 e. The molecule has 20 heavy (non-hydrogen) atoms. The first-order valence-electron chi connectivity index (χ1n) is 6.00. The topological polar surface area (TPSA) is 89.9 Å². The Morgan fingerprint density at radius 3 is 2.40 bits per heavy atom. The number of hydrogen-bond acceptors (Lipinski definition) is 3. The minimum Gasteiger partial charge on any atom is -0.479 e. The van der Waals surface area contributed by atoms with E-state index in [2.05, 4.69) is 5.32 Å². The fraction of sp³-hybridized carbons (Fsp3) is 0.385. The average Bonchev–Trinajstić information content (AvgIpc) is 2.43. The van der Waals surface area contributed by atoms with Gasteiger partial charge in [-0.2, -0.15) is 0 Å². The summed E-state index contributed by atoms with van der Waals surface area (Å²) in [5, 5.41) is 20.6. The molecule has 1 unspecified atom stereocenters. The lowest BCUT2D eigenvalue weighted by molar-refractivity contribution is -0.146. The average molecular weight is 301 g/mol. The largest absolute Gasteiger partial charge is 0.479 e. The molecule has 3 N–H and O–H groups in total. The van der Waals surface area contributed by atoms with E-state index in [0.29, 0.717) is 5.02 Å². The summed E-state index contributed by atoms with van der Waals surface area (Å²) >= 11 is 5.80. The van der Waals surface area contributed by atoms with Crippen molar-refractivity contribution >= 4 is 23.6 Å². The van der Waals surface area contributed by atoms with Crippen molar-refractivity contribution in [1.82, 2.24) is 10.2 Å². The van der Waals surface area contributed by atoms with Crippen LogP contribution in [0.25, 0.3) is 0 Å². The number of nitrogens with zero attached hydrogens (tertiary/aromatic N) is 1. The van der Waals surface area contributed by atoms with Crippen LogP contribution < -0.4 is 5.32 Å². The second kappa shape index (κ2) is 7.12. The highest BCUT2D eigenvalue weighted by Gasteiger charge is 2.19. The minimum absolute atomic E-state index is 0.214. The normalized spacial score (nSPS) is 13.4. The molecule has 0 aliphatic rings. The van der Waals surface area contributed by atoms with Gasteiger partial charge in [0.1, 0.15) is 0 Å². The molecule has 6 nitrogen and oxygen atoms in total. The lowest BCUT2D eigenvalue weighted by Gasteiger charge is -2.26. The van der Waals surface area contributed by atoms with Crippen molar-refractivity contribution in [2.45, 2.75) is 19.1 Å². The third-order valence-corrected chi connectivity index (χ3v) is 3.24. The van der Waals surface area contributed by atoms with Crippen LogP contribution in [0.15, 0.2) is 24.3 Å². The second-order valence-electron chi connectivity index (χ2n) is 4.38. The maximum atomic E-state index is 11.8. The van der Waals surface area contributed by atoms with Crippen LogP contribution in [0.3, 0.4) is 0 Å². The SMILES string of the molecule is CC(c1ccc(Cl)cc1)N(C)C(=O)NC[C@H](O)C(=O)O. The fourth-order valence-electron chi connectivity index (χ4n) is 1.54. The van der Waals surface area contributed by atoms with E-state index >= 15 is 0 Å². The smallest absolute Gasteiger partial charge is 0.334 e. The molecular formula is C13H17ClN2O4. The van der Waals surface area contributed by atoms with Crippen LogP contribution in [0.5, 0.6) is 0 Å².